The fraction of sp³-hybridized carbons (Fsp3) is 0.750. The molecule has 0 aromatic heterocycles. The summed E-state index contributed by atoms with van der Waals surface area (Å²) in [4.78, 5) is 11.0. The van der Waals surface area contributed by atoms with Crippen LogP contribution in [0.5, 0.6) is 0 Å². The molecular formula is C8H11F3N2O. The topological polar surface area (TPSA) is 32.7 Å². The molecule has 0 aromatic rings. The average Bonchev–Trinajstić information content (AvgIpc) is 2.43. The molecule has 0 saturated carbocycles. The first-order valence-corrected chi connectivity index (χ1v) is 4.40. The number of halogens is 3. The van der Waals surface area contributed by atoms with Crippen LogP contribution in [0.1, 0.15) is 26.2 Å². The van der Waals surface area contributed by atoms with Crippen molar-refractivity contribution in [3.8, 4) is 0 Å². The van der Waals surface area contributed by atoms with Crippen LogP contribution in [0.2, 0.25) is 0 Å². The minimum absolute atomic E-state index is 0.273. The first kappa shape index (κ1) is 11.0. The largest absolute Gasteiger partial charge is 0.431 e. The smallest absolute Gasteiger partial charge is 0.273 e. The van der Waals surface area contributed by atoms with E-state index in [1.807, 2.05) is 6.92 Å². The Hall–Kier alpha value is -1.07. The van der Waals surface area contributed by atoms with Gasteiger partial charge in [0.15, 0.2) is 5.71 Å². The van der Waals surface area contributed by atoms with Crippen molar-refractivity contribution in [2.45, 2.75) is 32.4 Å². The normalized spacial score (nSPS) is 17.6. The first-order chi connectivity index (χ1) is 6.45. The number of rotatable bonds is 3. The molecule has 0 spiro atoms. The predicted molar refractivity (Wildman–Crippen MR) is 44.7 cm³/mol. The maximum absolute atomic E-state index is 12.1. The molecule has 0 fully saturated rings. The molecule has 1 rings (SSSR count). The van der Waals surface area contributed by atoms with Gasteiger partial charge in [-0.25, -0.2) is 5.01 Å². The summed E-state index contributed by atoms with van der Waals surface area (Å²) in [7, 11) is 0. The molecule has 3 nitrogen and oxygen atoms in total. The summed E-state index contributed by atoms with van der Waals surface area (Å²) >= 11 is 0. The monoisotopic (exact) mass is 208 g/mol. The second kappa shape index (κ2) is 3.98. The maximum Gasteiger partial charge on any atom is 0.431 e. The molecule has 0 unspecified atom stereocenters. The van der Waals surface area contributed by atoms with E-state index in [-0.39, 0.29) is 6.54 Å². The van der Waals surface area contributed by atoms with Gasteiger partial charge in [0.2, 0.25) is 5.91 Å². The molecule has 0 saturated heterocycles. The van der Waals surface area contributed by atoms with Crippen LogP contribution in [0.4, 0.5) is 13.2 Å². The summed E-state index contributed by atoms with van der Waals surface area (Å²) < 4.78 is 36.4. The molecule has 0 aliphatic carbocycles. The number of alkyl halides is 3. The van der Waals surface area contributed by atoms with Crippen molar-refractivity contribution in [3.63, 3.8) is 0 Å². The lowest BCUT2D eigenvalue weighted by Gasteiger charge is -2.09. The summed E-state index contributed by atoms with van der Waals surface area (Å²) in [6, 6.07) is 0. The molecule has 6 heteroatoms. The van der Waals surface area contributed by atoms with Crippen LogP contribution in [0.3, 0.4) is 0 Å². The zero-order valence-electron chi connectivity index (χ0n) is 7.76. The number of carbonyl (C=O) groups is 1. The quantitative estimate of drug-likeness (QED) is 0.697. The number of carbonyl (C=O) groups excluding carboxylic acids is 1. The zero-order chi connectivity index (χ0) is 10.8. The van der Waals surface area contributed by atoms with E-state index >= 15 is 0 Å². The zero-order valence-corrected chi connectivity index (χ0v) is 7.76. The second-order valence-electron chi connectivity index (χ2n) is 3.09. The third-order valence-corrected chi connectivity index (χ3v) is 1.90. The minimum Gasteiger partial charge on any atom is -0.273 e. The van der Waals surface area contributed by atoms with Gasteiger partial charge in [-0.1, -0.05) is 13.3 Å². The van der Waals surface area contributed by atoms with Gasteiger partial charge in [0.1, 0.15) is 0 Å². The summed E-state index contributed by atoms with van der Waals surface area (Å²) in [5.41, 5.74) is -0.987. The summed E-state index contributed by atoms with van der Waals surface area (Å²) in [6.45, 7) is 2.17. The van der Waals surface area contributed by atoms with Gasteiger partial charge in [-0.15, -0.1) is 0 Å². The number of nitrogens with zero attached hydrogens (tertiary/aromatic N) is 2. The van der Waals surface area contributed by atoms with Crippen molar-refractivity contribution < 1.29 is 18.0 Å². The van der Waals surface area contributed by atoms with Crippen molar-refractivity contribution in [3.05, 3.63) is 0 Å². The molecule has 1 aliphatic rings. The Balaban J connectivity index is 2.62. The van der Waals surface area contributed by atoms with Gasteiger partial charge in [-0.05, 0) is 6.42 Å². The molecule has 80 valence electrons. The van der Waals surface area contributed by atoms with E-state index in [1.165, 1.54) is 0 Å². The summed E-state index contributed by atoms with van der Waals surface area (Å²) in [5, 5.41) is 4.16. The van der Waals surface area contributed by atoms with Gasteiger partial charge in [-0.3, -0.25) is 4.79 Å². The van der Waals surface area contributed by atoms with Crippen molar-refractivity contribution >= 4 is 11.6 Å². The third-order valence-electron chi connectivity index (χ3n) is 1.90. The number of amides is 1. The Kier molecular flexibility index (Phi) is 3.13. The highest BCUT2D eigenvalue weighted by Crippen LogP contribution is 2.24. The Morgan fingerprint density at radius 3 is 2.57 bits per heavy atom. The number of unbranched alkanes of at least 4 members (excludes halogenated alkanes) is 1. The van der Waals surface area contributed by atoms with Crippen LogP contribution in [-0.2, 0) is 4.79 Å². The van der Waals surface area contributed by atoms with E-state index in [1.54, 1.807) is 0 Å². The van der Waals surface area contributed by atoms with E-state index in [9.17, 15) is 18.0 Å². The summed E-state index contributed by atoms with van der Waals surface area (Å²) in [6.07, 6.45) is -3.61. The number of hydrogen-bond donors (Lipinski definition) is 0. The van der Waals surface area contributed by atoms with Gasteiger partial charge in [0.25, 0.3) is 0 Å². The van der Waals surface area contributed by atoms with Crippen molar-refractivity contribution in [2.24, 2.45) is 5.10 Å². The van der Waals surface area contributed by atoms with Crippen LogP contribution in [0.25, 0.3) is 0 Å². The Morgan fingerprint density at radius 2 is 2.14 bits per heavy atom. The fourth-order valence-electron chi connectivity index (χ4n) is 1.11. The lowest BCUT2D eigenvalue weighted by Crippen LogP contribution is -2.22. The Bertz CT molecular complexity index is 260. The van der Waals surface area contributed by atoms with E-state index < -0.39 is 24.2 Å². The average molecular weight is 208 g/mol. The van der Waals surface area contributed by atoms with Crippen LogP contribution in [0.15, 0.2) is 5.10 Å². The molecule has 0 bridgehead atoms. The highest BCUT2D eigenvalue weighted by molar-refractivity contribution is 6.07. The molecular weight excluding hydrogens is 197 g/mol. The van der Waals surface area contributed by atoms with Crippen LogP contribution in [-0.4, -0.2) is 29.3 Å². The maximum atomic E-state index is 12.1. The van der Waals surface area contributed by atoms with Crippen LogP contribution < -0.4 is 0 Å². The number of hydrogen-bond acceptors (Lipinski definition) is 2. The molecule has 1 aliphatic heterocycles. The molecule has 0 radical (unpaired) electrons. The molecule has 0 N–H and O–H groups in total. The van der Waals surface area contributed by atoms with Crippen molar-refractivity contribution in [1.82, 2.24) is 5.01 Å². The van der Waals surface area contributed by atoms with Gasteiger partial charge in [-0.2, -0.15) is 18.3 Å². The standard InChI is InChI=1S/C8H11F3N2O/c1-2-3-4-13-7(14)5-6(12-13)8(9,10)11/h2-5H2,1H3. The van der Waals surface area contributed by atoms with Gasteiger partial charge >= 0.3 is 6.18 Å². The highest BCUT2D eigenvalue weighted by Gasteiger charge is 2.42. The lowest BCUT2D eigenvalue weighted by molar-refractivity contribution is -0.128. The molecule has 14 heavy (non-hydrogen) atoms. The molecule has 0 aromatic carbocycles. The molecule has 1 amide bonds. The van der Waals surface area contributed by atoms with Crippen molar-refractivity contribution in [2.75, 3.05) is 6.54 Å². The lowest BCUT2D eigenvalue weighted by atomic mass is 10.2. The Morgan fingerprint density at radius 1 is 1.50 bits per heavy atom. The van der Waals surface area contributed by atoms with E-state index in [0.29, 0.717) is 6.42 Å². The van der Waals surface area contributed by atoms with Gasteiger partial charge < -0.3 is 0 Å². The van der Waals surface area contributed by atoms with E-state index in [4.69, 9.17) is 0 Å². The van der Waals surface area contributed by atoms with Gasteiger partial charge in [0, 0.05) is 6.54 Å². The highest BCUT2D eigenvalue weighted by atomic mass is 19.4. The van der Waals surface area contributed by atoms with E-state index in [0.717, 1.165) is 11.4 Å². The third kappa shape index (κ3) is 2.46. The van der Waals surface area contributed by atoms with Crippen LogP contribution >= 0.6 is 0 Å². The van der Waals surface area contributed by atoms with E-state index in [2.05, 4.69) is 5.10 Å². The molecule has 0 atom stereocenters. The number of hydrazone groups is 1. The Labute approximate surface area is 79.6 Å². The van der Waals surface area contributed by atoms with Gasteiger partial charge in [0.05, 0.1) is 6.42 Å². The summed E-state index contributed by atoms with van der Waals surface area (Å²) in [5.74, 6) is -0.564. The molecule has 1 heterocycles. The van der Waals surface area contributed by atoms with Crippen molar-refractivity contribution in [1.29, 1.82) is 0 Å². The predicted octanol–water partition coefficient (Wildman–Crippen LogP) is 1.94. The SMILES string of the molecule is CCCCN1N=C(C(F)(F)F)CC1=O. The fourth-order valence-corrected chi connectivity index (χ4v) is 1.11. The second-order valence-corrected chi connectivity index (χ2v) is 3.09. The minimum atomic E-state index is -4.48. The van der Waals surface area contributed by atoms with Crippen LogP contribution in [0, 0.1) is 0 Å². The first-order valence-electron chi connectivity index (χ1n) is 4.40.